The smallest absolute Gasteiger partial charge is 0.223 e. The molecule has 1 rings (SSSR count). The van der Waals surface area contributed by atoms with Gasteiger partial charge < -0.3 is 15.8 Å². The van der Waals surface area contributed by atoms with E-state index in [0.717, 1.165) is 32.3 Å². The number of nitrogens with two attached hydrogens (primary N) is 1. The third-order valence-electron chi connectivity index (χ3n) is 4.21. The molecule has 4 unspecified atom stereocenters. The SMILES string of the molecule is CCCCOCCNC(=O)C1CC(N)C(C)CC1C. The van der Waals surface area contributed by atoms with Crippen molar-refractivity contribution in [2.45, 2.75) is 52.5 Å². The molecule has 0 heterocycles. The normalized spacial score (nSPS) is 31.2. The molecule has 0 aliphatic heterocycles. The highest BCUT2D eigenvalue weighted by molar-refractivity contribution is 5.79. The van der Waals surface area contributed by atoms with Crippen molar-refractivity contribution >= 4 is 5.91 Å². The zero-order valence-corrected chi connectivity index (χ0v) is 12.7. The van der Waals surface area contributed by atoms with Crippen molar-refractivity contribution < 1.29 is 9.53 Å². The summed E-state index contributed by atoms with van der Waals surface area (Å²) in [5.74, 6) is 1.17. The van der Waals surface area contributed by atoms with E-state index >= 15 is 0 Å². The summed E-state index contributed by atoms with van der Waals surface area (Å²) in [7, 11) is 0. The van der Waals surface area contributed by atoms with Gasteiger partial charge in [-0.15, -0.1) is 0 Å². The first kappa shape index (κ1) is 16.4. The zero-order valence-electron chi connectivity index (χ0n) is 12.7. The summed E-state index contributed by atoms with van der Waals surface area (Å²) in [6.45, 7) is 8.47. The van der Waals surface area contributed by atoms with Gasteiger partial charge in [-0.1, -0.05) is 27.2 Å². The molecule has 0 aromatic heterocycles. The standard InChI is InChI=1S/C15H30N2O2/c1-4-5-7-19-8-6-17-15(18)13-10-14(16)12(3)9-11(13)2/h11-14H,4-10,16H2,1-3H3,(H,17,18). The van der Waals surface area contributed by atoms with Gasteiger partial charge in [0.2, 0.25) is 5.91 Å². The molecule has 1 saturated carbocycles. The Kier molecular flexibility index (Phi) is 7.39. The minimum Gasteiger partial charge on any atom is -0.380 e. The predicted molar refractivity (Wildman–Crippen MR) is 77.8 cm³/mol. The molecule has 112 valence electrons. The third kappa shape index (κ3) is 5.49. The predicted octanol–water partition coefficient (Wildman–Crippen LogP) is 1.93. The molecule has 4 heteroatoms. The van der Waals surface area contributed by atoms with Gasteiger partial charge in [-0.2, -0.15) is 0 Å². The van der Waals surface area contributed by atoms with Crippen LogP contribution in [0.5, 0.6) is 0 Å². The Labute approximate surface area is 117 Å². The minimum absolute atomic E-state index is 0.0711. The van der Waals surface area contributed by atoms with Crippen LogP contribution in [0.4, 0.5) is 0 Å². The van der Waals surface area contributed by atoms with E-state index in [1.807, 2.05) is 0 Å². The molecule has 3 N–H and O–H groups in total. The molecule has 0 aromatic carbocycles. The number of carbonyl (C=O) groups excluding carboxylic acids is 1. The summed E-state index contributed by atoms with van der Waals surface area (Å²) in [4.78, 5) is 12.1. The summed E-state index contributed by atoms with van der Waals surface area (Å²) in [5.41, 5.74) is 6.07. The van der Waals surface area contributed by atoms with E-state index < -0.39 is 0 Å². The zero-order chi connectivity index (χ0) is 14.3. The number of hydrogen-bond donors (Lipinski definition) is 2. The highest BCUT2D eigenvalue weighted by atomic mass is 16.5. The molecule has 4 nitrogen and oxygen atoms in total. The van der Waals surface area contributed by atoms with E-state index in [1.165, 1.54) is 0 Å². The summed E-state index contributed by atoms with van der Waals surface area (Å²) >= 11 is 0. The van der Waals surface area contributed by atoms with E-state index in [4.69, 9.17) is 10.5 Å². The van der Waals surface area contributed by atoms with Crippen LogP contribution in [-0.4, -0.2) is 31.7 Å². The number of unbranched alkanes of at least 4 members (excludes halogenated alkanes) is 1. The minimum atomic E-state index is 0.0711. The average molecular weight is 270 g/mol. The fourth-order valence-corrected chi connectivity index (χ4v) is 2.77. The molecular formula is C15H30N2O2. The number of rotatable bonds is 7. The van der Waals surface area contributed by atoms with Crippen molar-refractivity contribution in [3.63, 3.8) is 0 Å². The Morgan fingerprint density at radius 1 is 1.26 bits per heavy atom. The molecule has 4 atom stereocenters. The first-order chi connectivity index (χ1) is 9.06. The highest BCUT2D eigenvalue weighted by Gasteiger charge is 2.34. The van der Waals surface area contributed by atoms with E-state index in [2.05, 4.69) is 26.1 Å². The molecule has 0 aromatic rings. The maximum Gasteiger partial charge on any atom is 0.223 e. The number of ether oxygens (including phenoxy) is 1. The van der Waals surface area contributed by atoms with Crippen LogP contribution in [0.1, 0.15) is 46.5 Å². The number of hydrogen-bond acceptors (Lipinski definition) is 3. The summed E-state index contributed by atoms with van der Waals surface area (Å²) in [6, 6.07) is 0.160. The van der Waals surface area contributed by atoms with Crippen LogP contribution >= 0.6 is 0 Å². The van der Waals surface area contributed by atoms with Gasteiger partial charge in [0, 0.05) is 25.1 Å². The highest BCUT2D eigenvalue weighted by Crippen LogP contribution is 2.32. The Morgan fingerprint density at radius 2 is 2.00 bits per heavy atom. The molecule has 0 bridgehead atoms. The van der Waals surface area contributed by atoms with Crippen molar-refractivity contribution in [3.05, 3.63) is 0 Å². The van der Waals surface area contributed by atoms with Gasteiger partial charge in [0.25, 0.3) is 0 Å². The molecule has 0 spiro atoms. The van der Waals surface area contributed by atoms with E-state index in [0.29, 0.717) is 25.0 Å². The van der Waals surface area contributed by atoms with Gasteiger partial charge in [-0.3, -0.25) is 4.79 Å². The monoisotopic (exact) mass is 270 g/mol. The molecule has 19 heavy (non-hydrogen) atoms. The number of carbonyl (C=O) groups is 1. The molecule has 1 amide bonds. The molecule has 0 saturated heterocycles. The molecular weight excluding hydrogens is 240 g/mol. The van der Waals surface area contributed by atoms with Gasteiger partial charge in [0.15, 0.2) is 0 Å². The lowest BCUT2D eigenvalue weighted by atomic mass is 9.72. The van der Waals surface area contributed by atoms with Crippen molar-refractivity contribution in [1.82, 2.24) is 5.32 Å². The lowest BCUT2D eigenvalue weighted by molar-refractivity contribution is -0.128. The maximum absolute atomic E-state index is 12.1. The Bertz CT molecular complexity index is 271. The van der Waals surface area contributed by atoms with Gasteiger partial charge in [0.05, 0.1) is 6.61 Å². The van der Waals surface area contributed by atoms with Crippen molar-refractivity contribution in [1.29, 1.82) is 0 Å². The fraction of sp³-hybridized carbons (Fsp3) is 0.933. The van der Waals surface area contributed by atoms with Crippen molar-refractivity contribution in [3.8, 4) is 0 Å². The third-order valence-corrected chi connectivity index (χ3v) is 4.21. The van der Waals surface area contributed by atoms with Crippen LogP contribution in [0.15, 0.2) is 0 Å². The van der Waals surface area contributed by atoms with Crippen LogP contribution in [-0.2, 0) is 9.53 Å². The first-order valence-corrected chi connectivity index (χ1v) is 7.67. The van der Waals surface area contributed by atoms with Crippen LogP contribution < -0.4 is 11.1 Å². The second-order valence-electron chi connectivity index (χ2n) is 5.95. The van der Waals surface area contributed by atoms with Crippen LogP contribution in [0.3, 0.4) is 0 Å². The lowest BCUT2D eigenvalue weighted by Crippen LogP contribution is -2.45. The van der Waals surface area contributed by atoms with E-state index in [-0.39, 0.29) is 17.9 Å². The average Bonchev–Trinajstić information content (AvgIpc) is 2.37. The topological polar surface area (TPSA) is 64.3 Å². The first-order valence-electron chi connectivity index (χ1n) is 7.67. The molecule has 1 aliphatic rings. The van der Waals surface area contributed by atoms with Crippen LogP contribution in [0.2, 0.25) is 0 Å². The van der Waals surface area contributed by atoms with Gasteiger partial charge in [-0.05, 0) is 31.1 Å². The maximum atomic E-state index is 12.1. The van der Waals surface area contributed by atoms with E-state index in [9.17, 15) is 4.79 Å². The number of nitrogens with one attached hydrogen (secondary N) is 1. The quantitative estimate of drug-likeness (QED) is 0.695. The molecule has 1 aliphatic carbocycles. The summed E-state index contributed by atoms with van der Waals surface area (Å²) in [5, 5.41) is 2.98. The second kappa shape index (κ2) is 8.54. The summed E-state index contributed by atoms with van der Waals surface area (Å²) in [6.07, 6.45) is 4.08. The van der Waals surface area contributed by atoms with Crippen LogP contribution in [0.25, 0.3) is 0 Å². The molecule has 0 radical (unpaired) electrons. The van der Waals surface area contributed by atoms with E-state index in [1.54, 1.807) is 0 Å². The van der Waals surface area contributed by atoms with Gasteiger partial charge in [0.1, 0.15) is 0 Å². The van der Waals surface area contributed by atoms with Gasteiger partial charge >= 0.3 is 0 Å². The van der Waals surface area contributed by atoms with Crippen molar-refractivity contribution in [2.24, 2.45) is 23.5 Å². The van der Waals surface area contributed by atoms with Crippen molar-refractivity contribution in [2.75, 3.05) is 19.8 Å². The number of amides is 1. The second-order valence-corrected chi connectivity index (χ2v) is 5.95. The summed E-state index contributed by atoms with van der Waals surface area (Å²) < 4.78 is 5.44. The fourth-order valence-electron chi connectivity index (χ4n) is 2.77. The largest absolute Gasteiger partial charge is 0.380 e. The lowest BCUT2D eigenvalue weighted by Gasteiger charge is -2.36. The Hall–Kier alpha value is -0.610. The molecule has 1 fully saturated rings. The Balaban J connectivity index is 2.21. The Morgan fingerprint density at radius 3 is 2.68 bits per heavy atom. The van der Waals surface area contributed by atoms with Gasteiger partial charge in [-0.25, -0.2) is 0 Å². The van der Waals surface area contributed by atoms with Crippen LogP contribution in [0, 0.1) is 17.8 Å².